The molecule has 18 nitrogen and oxygen atoms in total. The van der Waals surface area contributed by atoms with Crippen LogP contribution in [0.25, 0.3) is 0 Å². The van der Waals surface area contributed by atoms with E-state index >= 15 is 0 Å². The van der Waals surface area contributed by atoms with E-state index in [1.54, 1.807) is 0 Å². The molecule has 20 heteroatoms. The van der Waals surface area contributed by atoms with E-state index < -0.39 is 111 Å². The Morgan fingerprint density at radius 1 is 0.816 bits per heavy atom. The molecule has 3 aliphatic heterocycles. The largest absolute Gasteiger partial charge is 1.00 e. The molecule has 0 aromatic heterocycles. The number of rotatable bonds is 4. The van der Waals surface area contributed by atoms with Crippen molar-refractivity contribution in [3.8, 4) is 0 Å². The molecule has 0 aliphatic carbocycles. The summed E-state index contributed by atoms with van der Waals surface area (Å²) < 4.78 is 13.7. The first-order chi connectivity index (χ1) is 16.7. The SMILES string of the molecule is Cl.N[C@@H]1[C@@H](O)[C@H](O)[C@@H](CO)O[C@H]1O.N[C@@H]1[C@@H](O)[C@H](O)[C@@H](CO)O[C@H]1O.O=C1O[C@H]([C@@H](O)CO)C([O-])=C1O.[Na+]. The van der Waals surface area contributed by atoms with Gasteiger partial charge in [-0.3, -0.25) is 0 Å². The van der Waals surface area contributed by atoms with Crippen molar-refractivity contribution in [3.63, 3.8) is 0 Å². The van der Waals surface area contributed by atoms with E-state index in [0.29, 0.717) is 0 Å². The normalized spacial score (nSPS) is 39.3. The molecule has 38 heavy (non-hydrogen) atoms. The van der Waals surface area contributed by atoms with Crippen LogP contribution in [-0.4, -0.2) is 155 Å². The van der Waals surface area contributed by atoms with Crippen molar-refractivity contribution in [2.75, 3.05) is 19.8 Å². The van der Waals surface area contributed by atoms with Crippen molar-refractivity contribution in [1.82, 2.24) is 0 Å². The average molecular weight is 593 g/mol. The van der Waals surface area contributed by atoms with Gasteiger partial charge in [-0.25, -0.2) is 4.79 Å². The number of hydrogen-bond acceptors (Lipinski definition) is 18. The van der Waals surface area contributed by atoms with Gasteiger partial charge in [-0.1, -0.05) is 0 Å². The van der Waals surface area contributed by atoms with Crippen LogP contribution in [0.3, 0.4) is 0 Å². The average Bonchev–Trinajstić information content (AvgIpc) is 3.13. The van der Waals surface area contributed by atoms with Gasteiger partial charge in [0.1, 0.15) is 48.8 Å². The van der Waals surface area contributed by atoms with Gasteiger partial charge in [-0.15, -0.1) is 12.4 Å². The van der Waals surface area contributed by atoms with Crippen molar-refractivity contribution >= 4 is 18.4 Å². The van der Waals surface area contributed by atoms with Crippen LogP contribution in [0.1, 0.15) is 0 Å². The summed E-state index contributed by atoms with van der Waals surface area (Å²) in [5.74, 6) is -3.20. The second kappa shape index (κ2) is 18.1. The van der Waals surface area contributed by atoms with Crippen molar-refractivity contribution in [2.45, 2.75) is 73.5 Å². The maximum Gasteiger partial charge on any atom is 1.00 e. The molecule has 0 aromatic rings. The zero-order valence-electron chi connectivity index (χ0n) is 20.1. The Kier molecular flexibility index (Phi) is 18.9. The molecule has 3 heterocycles. The molecule has 12 atom stereocenters. The van der Waals surface area contributed by atoms with Gasteiger partial charge < -0.3 is 87.0 Å². The predicted octanol–water partition coefficient (Wildman–Crippen LogP) is -11.7. The molecule has 15 N–H and O–H groups in total. The first kappa shape index (κ1) is 39.7. The fourth-order valence-electron chi connectivity index (χ4n) is 3.04. The number of carbonyl (C=O) groups is 1. The van der Waals surface area contributed by atoms with Crippen molar-refractivity contribution in [2.24, 2.45) is 11.5 Å². The van der Waals surface area contributed by atoms with Crippen LogP contribution in [0.5, 0.6) is 0 Å². The number of ether oxygens (including phenoxy) is 3. The second-order valence-corrected chi connectivity index (χ2v) is 7.90. The van der Waals surface area contributed by atoms with Crippen LogP contribution in [0.15, 0.2) is 11.5 Å². The van der Waals surface area contributed by atoms with Gasteiger partial charge in [0, 0.05) is 0 Å². The summed E-state index contributed by atoms with van der Waals surface area (Å²) >= 11 is 0. The smallest absolute Gasteiger partial charge is 0.870 e. The summed E-state index contributed by atoms with van der Waals surface area (Å²) in [6.07, 6.45) is -12.7. The van der Waals surface area contributed by atoms with E-state index in [0.717, 1.165) is 0 Å². The van der Waals surface area contributed by atoms with Crippen LogP contribution in [0, 0.1) is 0 Å². The first-order valence-electron chi connectivity index (χ1n) is 10.5. The third kappa shape index (κ3) is 9.87. The Morgan fingerprint density at radius 3 is 1.45 bits per heavy atom. The summed E-state index contributed by atoms with van der Waals surface area (Å²) in [7, 11) is 0. The van der Waals surface area contributed by atoms with Crippen LogP contribution >= 0.6 is 12.4 Å². The molecule has 220 valence electrons. The van der Waals surface area contributed by atoms with Crippen LogP contribution in [-0.2, 0) is 19.0 Å². The quantitative estimate of drug-likeness (QED) is 0.106. The number of carbonyl (C=O) groups excluding carboxylic acids is 1. The molecule has 0 bridgehead atoms. The third-order valence-corrected chi connectivity index (χ3v) is 5.35. The summed E-state index contributed by atoms with van der Waals surface area (Å²) in [4.78, 5) is 10.5. The number of esters is 1. The molecular formula is C18H34ClN2NaO16. The number of nitrogens with two attached hydrogens (primary N) is 2. The van der Waals surface area contributed by atoms with Gasteiger partial charge in [0.25, 0.3) is 0 Å². The summed E-state index contributed by atoms with van der Waals surface area (Å²) in [6.45, 7) is -1.65. The minimum Gasteiger partial charge on any atom is -0.870 e. The molecule has 3 rings (SSSR count). The maximum atomic E-state index is 10.8. The standard InChI is InChI=1S/2C6H13NO5.C6H8O6.ClH.Na/c2*7-3-5(10)4(9)2(1-8)12-6(3)11;7-1-2(8)5-3(9)4(10)6(11)12-5;;/h2*2-6,8-11H,1,7H2;2,5,7-10H,1H2;1H;/q;;;;+1/p-1/t2*2-,3-,4-,5-,6-;2-,5+;;/m110../s1. The molecule has 0 spiro atoms. The van der Waals surface area contributed by atoms with Crippen LogP contribution < -0.4 is 46.1 Å². The van der Waals surface area contributed by atoms with Gasteiger partial charge in [0.2, 0.25) is 0 Å². The topological polar surface area (TPSA) is 342 Å². The van der Waals surface area contributed by atoms with E-state index in [-0.39, 0.29) is 42.0 Å². The van der Waals surface area contributed by atoms with E-state index in [4.69, 9.17) is 56.7 Å². The number of aliphatic hydroxyl groups excluding tert-OH is 11. The molecular weight excluding hydrogens is 559 g/mol. The van der Waals surface area contributed by atoms with Crippen LogP contribution in [0.4, 0.5) is 0 Å². The van der Waals surface area contributed by atoms with E-state index in [2.05, 4.69) is 4.74 Å². The zero-order chi connectivity index (χ0) is 27.9. The molecule has 0 amide bonds. The van der Waals surface area contributed by atoms with E-state index in [1.165, 1.54) is 0 Å². The Morgan fingerprint density at radius 2 is 1.18 bits per heavy atom. The van der Waals surface area contributed by atoms with Crippen LogP contribution in [0.2, 0.25) is 0 Å². The van der Waals surface area contributed by atoms with Crippen molar-refractivity contribution in [3.05, 3.63) is 11.5 Å². The first-order valence-corrected chi connectivity index (χ1v) is 10.5. The van der Waals surface area contributed by atoms with Crippen molar-refractivity contribution < 1.29 is 110 Å². The molecule has 0 unspecified atom stereocenters. The Balaban J connectivity index is 0. The van der Waals surface area contributed by atoms with Gasteiger partial charge in [0.15, 0.2) is 18.3 Å². The number of hydrogen-bond donors (Lipinski definition) is 13. The summed E-state index contributed by atoms with van der Waals surface area (Å²) in [5.41, 5.74) is 10.5. The van der Waals surface area contributed by atoms with Crippen molar-refractivity contribution in [1.29, 1.82) is 0 Å². The fourth-order valence-corrected chi connectivity index (χ4v) is 3.04. The third-order valence-electron chi connectivity index (χ3n) is 5.35. The number of aliphatic hydroxyl groups is 11. The molecule has 2 saturated heterocycles. The van der Waals surface area contributed by atoms with Gasteiger partial charge >= 0.3 is 35.5 Å². The molecule has 0 radical (unpaired) electrons. The second-order valence-electron chi connectivity index (χ2n) is 7.90. The van der Waals surface area contributed by atoms with Gasteiger partial charge in [0.05, 0.1) is 31.9 Å². The summed E-state index contributed by atoms with van der Waals surface area (Å²) in [6, 6.07) is -2.08. The van der Waals surface area contributed by atoms with Gasteiger partial charge in [-0.05, 0) is 5.76 Å². The number of cyclic esters (lactones) is 1. The Hall–Kier alpha value is -0.460. The zero-order valence-corrected chi connectivity index (χ0v) is 22.9. The molecule has 0 saturated carbocycles. The predicted molar refractivity (Wildman–Crippen MR) is 116 cm³/mol. The Bertz CT molecular complexity index is 697. The minimum atomic E-state index is -1.48. The molecule has 3 aliphatic rings. The fraction of sp³-hybridized carbons (Fsp3) is 0.833. The summed E-state index contributed by atoms with van der Waals surface area (Å²) in [5, 5.41) is 109. The number of halogens is 1. The minimum absolute atomic E-state index is 0. The molecule has 2 fully saturated rings. The molecule has 0 aromatic carbocycles. The van der Waals surface area contributed by atoms with Gasteiger partial charge in [-0.2, -0.15) is 0 Å². The van der Waals surface area contributed by atoms with E-state index in [9.17, 15) is 30.3 Å². The monoisotopic (exact) mass is 592 g/mol. The maximum absolute atomic E-state index is 10.8. The Labute approximate surface area is 244 Å². The van der Waals surface area contributed by atoms with E-state index in [1.807, 2.05) is 0 Å².